The molecule has 0 fully saturated rings. The number of nitrogens with one attached hydrogen (secondary N) is 5. The first kappa shape index (κ1) is 30.8. The van der Waals surface area contributed by atoms with Gasteiger partial charge in [0.05, 0.1) is 12.6 Å². The Kier molecular flexibility index (Phi) is 13.4. The van der Waals surface area contributed by atoms with Crippen LogP contribution in [0.25, 0.3) is 0 Å². The van der Waals surface area contributed by atoms with Crippen molar-refractivity contribution in [2.24, 2.45) is 17.6 Å². The molecule has 5 amide bonds. The molecule has 13 nitrogen and oxygen atoms in total. The van der Waals surface area contributed by atoms with Crippen LogP contribution in [-0.2, 0) is 28.8 Å². The maximum Gasteiger partial charge on any atom is 0.322 e. The molecule has 0 saturated heterocycles. The third kappa shape index (κ3) is 11.1. The van der Waals surface area contributed by atoms with E-state index in [9.17, 15) is 28.8 Å². The van der Waals surface area contributed by atoms with E-state index in [1.807, 2.05) is 6.92 Å². The monoisotopic (exact) mass is 486 g/mol. The summed E-state index contributed by atoms with van der Waals surface area (Å²) in [6, 6.07) is -3.73. The van der Waals surface area contributed by atoms with E-state index in [2.05, 4.69) is 26.6 Å². The van der Waals surface area contributed by atoms with Crippen LogP contribution in [0.15, 0.2) is 0 Å². The number of rotatable bonds is 14. The number of hydrogen-bond donors (Lipinski definition) is 7. The van der Waals surface area contributed by atoms with Crippen LogP contribution in [0.1, 0.15) is 48.0 Å². The van der Waals surface area contributed by atoms with Crippen LogP contribution in [0.3, 0.4) is 0 Å². The number of hydrogen-bond acceptors (Lipinski definition) is 7. The Morgan fingerprint density at radius 2 is 1.24 bits per heavy atom. The van der Waals surface area contributed by atoms with Gasteiger partial charge in [-0.3, -0.25) is 28.8 Å². The summed E-state index contributed by atoms with van der Waals surface area (Å²) in [5.41, 5.74) is 5.50. The fraction of sp³-hybridized carbons (Fsp3) is 0.714. The van der Waals surface area contributed by atoms with Gasteiger partial charge in [-0.1, -0.05) is 34.1 Å². The molecule has 8 N–H and O–H groups in total. The van der Waals surface area contributed by atoms with Crippen LogP contribution in [0, 0.1) is 11.8 Å². The standard InChI is InChI=1S/C21H38N6O7/c1-7-11(4)17(21(34)24-9-15(29)30)27-19(32)13(6)25-14(28)8-23-20(33)16(10(2)3)26-18(31)12(5)22/h10-13,16-17H,7-9,22H2,1-6H3,(H,23,33)(H,24,34)(H,25,28)(H,26,31)(H,27,32)(H,29,30)/t11-,12-,13-,16-,17-/m0/s1. The SMILES string of the molecule is CC[C@H](C)[C@H](NC(=O)[C@H](C)NC(=O)CNC(=O)[C@@H](NC(=O)[C@H](C)N)C(C)C)C(=O)NCC(=O)O. The van der Waals surface area contributed by atoms with E-state index in [4.69, 9.17) is 10.8 Å². The molecule has 0 aliphatic rings. The summed E-state index contributed by atoms with van der Waals surface area (Å²) in [5, 5.41) is 20.8. The van der Waals surface area contributed by atoms with Gasteiger partial charge in [0.1, 0.15) is 24.7 Å². The molecule has 5 atom stereocenters. The summed E-state index contributed by atoms with van der Waals surface area (Å²) >= 11 is 0. The van der Waals surface area contributed by atoms with Gasteiger partial charge in [-0.15, -0.1) is 0 Å². The molecular formula is C21H38N6O7. The molecule has 13 heteroatoms. The quantitative estimate of drug-likeness (QED) is 0.143. The number of carbonyl (C=O) groups is 6. The van der Waals surface area contributed by atoms with E-state index in [1.165, 1.54) is 13.8 Å². The highest BCUT2D eigenvalue weighted by molar-refractivity contribution is 5.94. The van der Waals surface area contributed by atoms with E-state index < -0.39 is 72.8 Å². The second-order valence-corrected chi connectivity index (χ2v) is 8.51. The normalized spacial score (nSPS) is 15.2. The molecule has 0 aromatic carbocycles. The molecule has 0 rings (SSSR count). The van der Waals surface area contributed by atoms with E-state index in [-0.39, 0.29) is 11.8 Å². The van der Waals surface area contributed by atoms with Gasteiger partial charge in [0, 0.05) is 0 Å². The van der Waals surface area contributed by atoms with E-state index in [0.717, 1.165) is 0 Å². The third-order valence-electron chi connectivity index (χ3n) is 5.06. The Labute approximate surface area is 199 Å². The molecule has 194 valence electrons. The summed E-state index contributed by atoms with van der Waals surface area (Å²) in [6.45, 7) is 8.82. The van der Waals surface area contributed by atoms with Gasteiger partial charge < -0.3 is 37.4 Å². The first-order valence-electron chi connectivity index (χ1n) is 11.1. The lowest BCUT2D eigenvalue weighted by Gasteiger charge is -2.25. The number of nitrogens with two attached hydrogens (primary N) is 1. The van der Waals surface area contributed by atoms with Crippen molar-refractivity contribution >= 4 is 35.5 Å². The van der Waals surface area contributed by atoms with Gasteiger partial charge in [-0.2, -0.15) is 0 Å². The Morgan fingerprint density at radius 3 is 1.71 bits per heavy atom. The van der Waals surface area contributed by atoms with Crippen LogP contribution in [0.5, 0.6) is 0 Å². The van der Waals surface area contributed by atoms with Crippen molar-refractivity contribution in [1.82, 2.24) is 26.6 Å². The van der Waals surface area contributed by atoms with Gasteiger partial charge in [-0.05, 0) is 25.7 Å². The number of aliphatic carboxylic acids is 1. The predicted molar refractivity (Wildman–Crippen MR) is 123 cm³/mol. The third-order valence-corrected chi connectivity index (χ3v) is 5.06. The van der Waals surface area contributed by atoms with Crippen LogP contribution in [-0.4, -0.2) is 77.9 Å². The van der Waals surface area contributed by atoms with Gasteiger partial charge in [0.2, 0.25) is 29.5 Å². The van der Waals surface area contributed by atoms with E-state index >= 15 is 0 Å². The van der Waals surface area contributed by atoms with Crippen molar-refractivity contribution < 1.29 is 33.9 Å². The molecule has 34 heavy (non-hydrogen) atoms. The molecule has 0 aliphatic heterocycles. The minimum atomic E-state index is -1.22. The zero-order valence-corrected chi connectivity index (χ0v) is 20.6. The van der Waals surface area contributed by atoms with E-state index in [1.54, 1.807) is 20.8 Å². The summed E-state index contributed by atoms with van der Waals surface area (Å²) in [7, 11) is 0. The first-order valence-corrected chi connectivity index (χ1v) is 11.1. The van der Waals surface area contributed by atoms with Crippen molar-refractivity contribution in [3.05, 3.63) is 0 Å². The summed E-state index contributed by atoms with van der Waals surface area (Å²) in [4.78, 5) is 71.9. The largest absolute Gasteiger partial charge is 0.480 e. The summed E-state index contributed by atoms with van der Waals surface area (Å²) in [6.07, 6.45) is 0.536. The Bertz CT molecular complexity index is 756. The van der Waals surface area contributed by atoms with Crippen molar-refractivity contribution in [2.45, 2.75) is 72.1 Å². The van der Waals surface area contributed by atoms with Gasteiger partial charge in [0.25, 0.3) is 0 Å². The average Bonchev–Trinajstić information content (AvgIpc) is 2.76. The number of amides is 5. The lowest BCUT2D eigenvalue weighted by Crippen LogP contribution is -2.57. The Hall–Kier alpha value is -3.22. The van der Waals surface area contributed by atoms with Gasteiger partial charge >= 0.3 is 5.97 Å². The topological polar surface area (TPSA) is 209 Å². The second-order valence-electron chi connectivity index (χ2n) is 8.51. The number of carboxylic acid groups (broad SMARTS) is 1. The first-order chi connectivity index (χ1) is 15.7. The molecule has 0 spiro atoms. The minimum Gasteiger partial charge on any atom is -0.480 e. The van der Waals surface area contributed by atoms with Crippen LogP contribution in [0.4, 0.5) is 0 Å². The molecule has 0 radical (unpaired) electrons. The van der Waals surface area contributed by atoms with Crippen LogP contribution in [0.2, 0.25) is 0 Å². The smallest absolute Gasteiger partial charge is 0.322 e. The maximum atomic E-state index is 12.5. The van der Waals surface area contributed by atoms with Gasteiger partial charge in [0.15, 0.2) is 0 Å². The highest BCUT2D eigenvalue weighted by atomic mass is 16.4. The Morgan fingerprint density at radius 1 is 0.735 bits per heavy atom. The van der Waals surface area contributed by atoms with E-state index in [0.29, 0.717) is 6.42 Å². The van der Waals surface area contributed by atoms with Gasteiger partial charge in [-0.25, -0.2) is 0 Å². The van der Waals surface area contributed by atoms with Crippen LogP contribution < -0.4 is 32.3 Å². The maximum absolute atomic E-state index is 12.5. The molecule has 0 bridgehead atoms. The lowest BCUT2D eigenvalue weighted by atomic mass is 9.98. The van der Waals surface area contributed by atoms with Crippen molar-refractivity contribution in [1.29, 1.82) is 0 Å². The molecule has 0 saturated carbocycles. The summed E-state index contributed by atoms with van der Waals surface area (Å²) < 4.78 is 0. The van der Waals surface area contributed by atoms with Crippen LogP contribution >= 0.6 is 0 Å². The number of carboxylic acids is 1. The lowest BCUT2D eigenvalue weighted by molar-refractivity contribution is -0.139. The highest BCUT2D eigenvalue weighted by Gasteiger charge is 2.29. The van der Waals surface area contributed by atoms with Crippen molar-refractivity contribution in [2.75, 3.05) is 13.1 Å². The molecule has 0 aromatic rings. The molecular weight excluding hydrogens is 448 g/mol. The predicted octanol–water partition coefficient (Wildman–Crippen LogP) is -2.17. The summed E-state index contributed by atoms with van der Waals surface area (Å²) in [5.74, 6) is -4.83. The zero-order valence-electron chi connectivity index (χ0n) is 20.6. The Balaban J connectivity index is 4.90. The molecule has 0 unspecified atom stereocenters. The molecule has 0 aliphatic carbocycles. The minimum absolute atomic E-state index is 0.264. The highest BCUT2D eigenvalue weighted by Crippen LogP contribution is 2.08. The van der Waals surface area contributed by atoms with Crippen molar-refractivity contribution in [3.8, 4) is 0 Å². The molecule has 0 aromatic heterocycles. The number of carbonyl (C=O) groups excluding carboxylic acids is 5. The molecule has 0 heterocycles. The average molecular weight is 487 g/mol. The zero-order chi connectivity index (χ0) is 26.6. The fourth-order valence-corrected chi connectivity index (χ4v) is 2.71. The van der Waals surface area contributed by atoms with Crippen molar-refractivity contribution in [3.63, 3.8) is 0 Å². The fourth-order valence-electron chi connectivity index (χ4n) is 2.71. The second kappa shape index (κ2) is 14.8.